The van der Waals surface area contributed by atoms with Crippen molar-refractivity contribution in [3.05, 3.63) is 35.9 Å². The van der Waals surface area contributed by atoms with Gasteiger partial charge >= 0.3 is 7.82 Å². The van der Waals surface area contributed by atoms with Gasteiger partial charge in [0.25, 0.3) is 0 Å². The first-order chi connectivity index (χ1) is 16.0. The molecule has 0 spiro atoms. The molecule has 0 bridgehead atoms. The average Bonchev–Trinajstić information content (AvgIpc) is 2.79. The lowest BCUT2D eigenvalue weighted by atomic mass is 10.0. The van der Waals surface area contributed by atoms with Gasteiger partial charge in [0.1, 0.15) is 0 Å². The largest absolute Gasteiger partial charge is 0.470 e. The monoisotopic (exact) mass is 482 g/mol. The molecule has 0 heterocycles. The second-order valence-electron chi connectivity index (χ2n) is 9.65. The van der Waals surface area contributed by atoms with Crippen LogP contribution in [0.2, 0.25) is 0 Å². The van der Waals surface area contributed by atoms with Gasteiger partial charge in [0.15, 0.2) is 0 Å². The van der Waals surface area contributed by atoms with Crippen molar-refractivity contribution in [1.29, 1.82) is 0 Å². The molecule has 2 N–H and O–H groups in total. The van der Waals surface area contributed by atoms with Gasteiger partial charge in [-0.3, -0.25) is 4.52 Å². The summed E-state index contributed by atoms with van der Waals surface area (Å²) >= 11 is 0. The van der Waals surface area contributed by atoms with Crippen molar-refractivity contribution in [1.82, 2.24) is 0 Å². The van der Waals surface area contributed by atoms with Crippen LogP contribution in [0.25, 0.3) is 0 Å². The van der Waals surface area contributed by atoms with Crippen molar-refractivity contribution in [2.75, 3.05) is 0 Å². The third-order valence-electron chi connectivity index (χ3n) is 6.51. The molecule has 0 aromatic heterocycles. The Bertz CT molecular complexity index is 587. The van der Waals surface area contributed by atoms with Crippen molar-refractivity contribution >= 4 is 7.82 Å². The quantitative estimate of drug-likeness (QED) is 0.120. The van der Waals surface area contributed by atoms with Gasteiger partial charge in [0.2, 0.25) is 0 Å². The molecule has 0 saturated heterocycles. The van der Waals surface area contributed by atoms with E-state index in [4.69, 9.17) is 4.52 Å². The highest BCUT2D eigenvalue weighted by atomic mass is 31.2. The van der Waals surface area contributed by atoms with E-state index in [9.17, 15) is 14.4 Å². The van der Waals surface area contributed by atoms with Crippen molar-refractivity contribution in [2.24, 2.45) is 0 Å². The molecule has 33 heavy (non-hydrogen) atoms. The first kappa shape index (κ1) is 30.4. The number of phosphoric acid groups is 1. The van der Waals surface area contributed by atoms with E-state index in [1.54, 1.807) is 0 Å². The van der Waals surface area contributed by atoms with Gasteiger partial charge in [0, 0.05) is 0 Å². The fraction of sp³-hybridized carbons (Fsp3) is 0.786. The number of rotatable bonds is 23. The number of unbranched alkanes of at least 4 members (excludes halogenated alkanes) is 18. The summed E-state index contributed by atoms with van der Waals surface area (Å²) < 4.78 is 16.3. The fourth-order valence-corrected chi connectivity index (χ4v) is 5.08. The molecule has 1 unspecified atom stereocenters. The Balaban J connectivity index is 1.90. The number of phosphoric ester groups is 1. The molecule has 0 aliphatic rings. The minimum absolute atomic E-state index is 0.530. The summed E-state index contributed by atoms with van der Waals surface area (Å²) in [6, 6.07) is 9.39. The Morgan fingerprint density at radius 1 is 0.636 bits per heavy atom. The van der Waals surface area contributed by atoms with Crippen LogP contribution >= 0.6 is 7.82 Å². The zero-order valence-electron chi connectivity index (χ0n) is 21.3. The van der Waals surface area contributed by atoms with Crippen LogP contribution < -0.4 is 0 Å². The fourth-order valence-electron chi connectivity index (χ4n) is 4.52. The maximum absolute atomic E-state index is 11.3. The van der Waals surface area contributed by atoms with E-state index in [1.165, 1.54) is 109 Å². The van der Waals surface area contributed by atoms with Crippen LogP contribution in [0.15, 0.2) is 30.3 Å². The predicted octanol–water partition coefficient (Wildman–Crippen LogP) is 9.66. The average molecular weight is 483 g/mol. The summed E-state index contributed by atoms with van der Waals surface area (Å²) in [5.41, 5.74) is 0.836. The van der Waals surface area contributed by atoms with E-state index in [-0.39, 0.29) is 0 Å². The standard InChI is InChI=1S/C28H51O4P/c1-2-3-4-5-6-7-8-9-10-11-12-13-14-15-16-17-18-19-23-26-28(32-33(29,30)31)27-24-21-20-22-25-27/h20-22,24-25,28H,2-19,23,26H2,1H3,(H2,29,30,31). The van der Waals surface area contributed by atoms with Crippen molar-refractivity contribution in [3.63, 3.8) is 0 Å². The van der Waals surface area contributed by atoms with E-state index < -0.39 is 13.9 Å². The maximum Gasteiger partial charge on any atom is 0.470 e. The van der Waals surface area contributed by atoms with Gasteiger partial charge in [-0.2, -0.15) is 0 Å². The molecule has 1 aromatic rings. The molecular weight excluding hydrogens is 431 g/mol. The Morgan fingerprint density at radius 2 is 1.00 bits per heavy atom. The molecular formula is C28H51O4P. The van der Waals surface area contributed by atoms with Crippen LogP contribution in [-0.2, 0) is 9.09 Å². The molecule has 0 aliphatic heterocycles. The first-order valence-corrected chi connectivity index (χ1v) is 15.3. The molecule has 0 saturated carbocycles. The summed E-state index contributed by atoms with van der Waals surface area (Å²) in [6.07, 6.45) is 25.6. The highest BCUT2D eigenvalue weighted by Gasteiger charge is 2.23. The molecule has 0 amide bonds. The Morgan fingerprint density at radius 3 is 1.36 bits per heavy atom. The lowest BCUT2D eigenvalue weighted by Crippen LogP contribution is -2.03. The van der Waals surface area contributed by atoms with Gasteiger partial charge in [-0.25, -0.2) is 4.57 Å². The Labute approximate surface area is 204 Å². The topological polar surface area (TPSA) is 66.8 Å². The summed E-state index contributed by atoms with van der Waals surface area (Å²) in [5, 5.41) is 0. The molecule has 0 aliphatic carbocycles. The second-order valence-corrected chi connectivity index (χ2v) is 10.8. The smallest absolute Gasteiger partial charge is 0.303 e. The van der Waals surface area contributed by atoms with Crippen LogP contribution in [0.3, 0.4) is 0 Å². The molecule has 0 radical (unpaired) electrons. The third-order valence-corrected chi connectivity index (χ3v) is 7.03. The van der Waals surface area contributed by atoms with Crippen molar-refractivity contribution < 1.29 is 18.9 Å². The van der Waals surface area contributed by atoms with Gasteiger partial charge < -0.3 is 9.79 Å². The van der Waals surface area contributed by atoms with Gasteiger partial charge in [-0.05, 0) is 12.0 Å². The molecule has 4 nitrogen and oxygen atoms in total. The van der Waals surface area contributed by atoms with Crippen molar-refractivity contribution in [2.45, 2.75) is 141 Å². The van der Waals surface area contributed by atoms with E-state index in [0.29, 0.717) is 6.42 Å². The SMILES string of the molecule is CCCCCCCCCCCCCCCCCCCCCC(OP(=O)(O)O)c1ccccc1. The van der Waals surface area contributed by atoms with E-state index in [2.05, 4.69) is 6.92 Å². The third kappa shape index (κ3) is 19.3. The minimum atomic E-state index is -4.48. The lowest BCUT2D eigenvalue weighted by Gasteiger charge is -2.18. The summed E-state index contributed by atoms with van der Waals surface area (Å²) in [4.78, 5) is 18.4. The van der Waals surface area contributed by atoms with Gasteiger partial charge in [0.05, 0.1) is 6.10 Å². The maximum atomic E-state index is 11.3. The van der Waals surface area contributed by atoms with Gasteiger partial charge in [-0.1, -0.05) is 159 Å². The van der Waals surface area contributed by atoms with Crippen LogP contribution in [0, 0.1) is 0 Å². The van der Waals surface area contributed by atoms with E-state index in [1.807, 2.05) is 30.3 Å². The second kappa shape index (κ2) is 20.7. The molecule has 1 atom stereocenters. The van der Waals surface area contributed by atoms with Crippen LogP contribution in [0.5, 0.6) is 0 Å². The summed E-state index contributed by atoms with van der Waals surface area (Å²) in [5.74, 6) is 0. The highest BCUT2D eigenvalue weighted by molar-refractivity contribution is 7.46. The predicted molar refractivity (Wildman–Crippen MR) is 140 cm³/mol. The molecule has 1 rings (SSSR count). The zero-order valence-corrected chi connectivity index (χ0v) is 22.2. The molecule has 0 fully saturated rings. The zero-order chi connectivity index (χ0) is 24.0. The number of hydrogen-bond acceptors (Lipinski definition) is 2. The van der Waals surface area contributed by atoms with Crippen LogP contribution in [0.1, 0.15) is 147 Å². The molecule has 192 valence electrons. The Kier molecular flexibility index (Phi) is 19.0. The van der Waals surface area contributed by atoms with E-state index >= 15 is 0 Å². The highest BCUT2D eigenvalue weighted by Crippen LogP contribution is 2.44. The summed E-state index contributed by atoms with van der Waals surface area (Å²) in [7, 11) is -4.48. The van der Waals surface area contributed by atoms with E-state index in [0.717, 1.165) is 18.4 Å². The lowest BCUT2D eigenvalue weighted by molar-refractivity contribution is 0.125. The molecule has 1 aromatic carbocycles. The van der Waals surface area contributed by atoms with Crippen LogP contribution in [0.4, 0.5) is 0 Å². The molecule has 5 heteroatoms. The van der Waals surface area contributed by atoms with Crippen LogP contribution in [-0.4, -0.2) is 9.79 Å². The Hall–Kier alpha value is -0.670. The number of hydrogen-bond donors (Lipinski definition) is 2. The normalized spacial score (nSPS) is 12.8. The minimum Gasteiger partial charge on any atom is -0.303 e. The van der Waals surface area contributed by atoms with Gasteiger partial charge in [-0.15, -0.1) is 0 Å². The van der Waals surface area contributed by atoms with Crippen molar-refractivity contribution in [3.8, 4) is 0 Å². The first-order valence-electron chi connectivity index (χ1n) is 13.8. The number of benzene rings is 1. The summed E-state index contributed by atoms with van der Waals surface area (Å²) in [6.45, 7) is 2.28.